The molecular formula is C39H66O7S3. The SMILES string of the molecule is CCCCC(CC)COC(=O)C(SC)c1cc(C(SC)C(=O)OCC(CC)CCCC)c(O)c(C(SC)C(=O)OCC(CC)CCCC)c1. The molecule has 6 unspecified atom stereocenters. The number of ether oxygens (including phenoxy) is 3. The van der Waals surface area contributed by atoms with Crippen LogP contribution in [-0.2, 0) is 28.6 Å². The Morgan fingerprint density at radius 2 is 0.878 bits per heavy atom. The van der Waals surface area contributed by atoms with Crippen molar-refractivity contribution in [1.82, 2.24) is 0 Å². The number of thioether (sulfide) groups is 3. The number of phenolic OH excluding ortho intramolecular Hbond substituents is 1. The minimum Gasteiger partial charge on any atom is -0.507 e. The minimum atomic E-state index is -0.850. The van der Waals surface area contributed by atoms with E-state index >= 15 is 0 Å². The Morgan fingerprint density at radius 1 is 0.571 bits per heavy atom. The Bertz CT molecular complexity index is 1040. The van der Waals surface area contributed by atoms with Crippen molar-refractivity contribution in [2.45, 2.75) is 134 Å². The van der Waals surface area contributed by atoms with Gasteiger partial charge in [0, 0.05) is 11.1 Å². The Balaban J connectivity index is 3.59. The van der Waals surface area contributed by atoms with Crippen LogP contribution in [-0.4, -0.2) is 61.6 Å². The lowest BCUT2D eigenvalue weighted by atomic mass is 9.97. The van der Waals surface area contributed by atoms with Crippen LogP contribution in [0.25, 0.3) is 0 Å². The van der Waals surface area contributed by atoms with Crippen molar-refractivity contribution in [3.8, 4) is 5.75 Å². The van der Waals surface area contributed by atoms with Gasteiger partial charge >= 0.3 is 17.9 Å². The predicted octanol–water partition coefficient (Wildman–Crippen LogP) is 10.9. The molecule has 0 aliphatic rings. The van der Waals surface area contributed by atoms with E-state index in [2.05, 4.69) is 41.5 Å². The molecule has 1 aromatic rings. The molecule has 0 bridgehead atoms. The summed E-state index contributed by atoms with van der Waals surface area (Å²) in [5.74, 6) is -0.599. The van der Waals surface area contributed by atoms with Crippen molar-refractivity contribution in [2.75, 3.05) is 38.6 Å². The molecule has 0 amide bonds. The molecule has 0 saturated heterocycles. The van der Waals surface area contributed by atoms with E-state index in [1.54, 1.807) is 24.6 Å². The highest BCUT2D eigenvalue weighted by Crippen LogP contribution is 2.45. The number of hydrogen-bond donors (Lipinski definition) is 1. The number of phenols is 1. The van der Waals surface area contributed by atoms with Crippen molar-refractivity contribution in [1.29, 1.82) is 0 Å². The van der Waals surface area contributed by atoms with Crippen LogP contribution in [0.15, 0.2) is 12.1 Å². The second kappa shape index (κ2) is 26.3. The molecule has 0 aliphatic heterocycles. The molecule has 10 heteroatoms. The molecule has 1 N–H and O–H groups in total. The van der Waals surface area contributed by atoms with Gasteiger partial charge in [-0.3, -0.25) is 14.4 Å². The summed E-state index contributed by atoms with van der Waals surface area (Å²) >= 11 is 3.86. The third kappa shape index (κ3) is 15.3. The van der Waals surface area contributed by atoms with Gasteiger partial charge in [0.1, 0.15) is 21.5 Å². The second-order valence-electron chi connectivity index (χ2n) is 13.0. The van der Waals surface area contributed by atoms with Gasteiger partial charge in [0.05, 0.1) is 19.8 Å². The fourth-order valence-electron chi connectivity index (χ4n) is 5.85. The van der Waals surface area contributed by atoms with E-state index in [4.69, 9.17) is 14.2 Å². The van der Waals surface area contributed by atoms with Crippen LogP contribution in [0.2, 0.25) is 0 Å². The molecular weight excluding hydrogens is 677 g/mol. The van der Waals surface area contributed by atoms with Crippen LogP contribution in [0.1, 0.15) is 151 Å². The third-order valence-electron chi connectivity index (χ3n) is 9.42. The molecule has 282 valence electrons. The van der Waals surface area contributed by atoms with Crippen molar-refractivity contribution >= 4 is 53.2 Å². The number of carbonyl (C=O) groups is 3. The van der Waals surface area contributed by atoms with Crippen molar-refractivity contribution in [2.24, 2.45) is 17.8 Å². The number of benzene rings is 1. The van der Waals surface area contributed by atoms with Crippen LogP contribution in [0, 0.1) is 17.8 Å². The molecule has 0 spiro atoms. The normalized spacial score (nSPS) is 15.1. The van der Waals surface area contributed by atoms with Crippen molar-refractivity contribution in [3.05, 3.63) is 28.8 Å². The summed E-state index contributed by atoms with van der Waals surface area (Å²) in [7, 11) is 0. The van der Waals surface area contributed by atoms with Crippen molar-refractivity contribution < 1.29 is 33.7 Å². The van der Waals surface area contributed by atoms with Gasteiger partial charge in [-0.2, -0.15) is 0 Å². The summed E-state index contributed by atoms with van der Waals surface area (Å²) < 4.78 is 17.6. The monoisotopic (exact) mass is 742 g/mol. The fraction of sp³-hybridized carbons (Fsp3) is 0.769. The maximum atomic E-state index is 13.6. The van der Waals surface area contributed by atoms with E-state index in [9.17, 15) is 19.5 Å². The lowest BCUT2D eigenvalue weighted by Gasteiger charge is -2.25. The molecule has 1 rings (SSSR count). The van der Waals surface area contributed by atoms with E-state index in [1.165, 1.54) is 35.3 Å². The van der Waals surface area contributed by atoms with Gasteiger partial charge in [-0.15, -0.1) is 35.3 Å². The Hall–Kier alpha value is -1.52. The molecule has 0 aliphatic carbocycles. The second-order valence-corrected chi connectivity index (χ2v) is 15.9. The zero-order valence-electron chi connectivity index (χ0n) is 31.8. The topological polar surface area (TPSA) is 99.1 Å². The van der Waals surface area contributed by atoms with E-state index in [0.717, 1.165) is 77.0 Å². The van der Waals surface area contributed by atoms with Crippen LogP contribution >= 0.6 is 35.3 Å². The summed E-state index contributed by atoms with van der Waals surface area (Å²) in [4.78, 5) is 40.9. The van der Waals surface area contributed by atoms with E-state index in [0.29, 0.717) is 36.5 Å². The van der Waals surface area contributed by atoms with Crippen LogP contribution in [0.5, 0.6) is 5.75 Å². The first-order valence-corrected chi connectivity index (χ1v) is 22.4. The average Bonchev–Trinajstić information content (AvgIpc) is 3.11. The number of carbonyl (C=O) groups excluding carboxylic acids is 3. The van der Waals surface area contributed by atoms with E-state index in [1.807, 2.05) is 6.26 Å². The van der Waals surface area contributed by atoms with Gasteiger partial charge in [-0.05, 0) is 73.5 Å². The van der Waals surface area contributed by atoms with Crippen LogP contribution in [0.3, 0.4) is 0 Å². The van der Waals surface area contributed by atoms with Gasteiger partial charge in [0.2, 0.25) is 0 Å². The van der Waals surface area contributed by atoms with E-state index < -0.39 is 27.7 Å². The van der Waals surface area contributed by atoms with E-state index in [-0.39, 0.29) is 29.5 Å². The molecule has 1 aromatic carbocycles. The van der Waals surface area contributed by atoms with Gasteiger partial charge in [-0.25, -0.2) is 0 Å². The third-order valence-corrected chi connectivity index (χ3v) is 12.2. The molecule has 6 atom stereocenters. The first kappa shape index (κ1) is 45.5. The zero-order chi connectivity index (χ0) is 36.8. The minimum absolute atomic E-state index is 0.147. The lowest BCUT2D eigenvalue weighted by Crippen LogP contribution is -2.22. The maximum absolute atomic E-state index is 13.6. The summed E-state index contributed by atoms with van der Waals surface area (Å²) in [5.41, 5.74) is 1.23. The largest absolute Gasteiger partial charge is 0.507 e. The standard InChI is InChI=1S/C39H66O7S3/c1-10-16-19-27(13-4)24-44-37(41)34(47-7)30-22-31(35(48-8)38(42)45-25-28(14-5)20-17-11-2)33(40)32(23-30)36(49-9)39(43)46-26-29(15-6)21-18-12-3/h22-23,27-29,34-36,40H,10-21,24-26H2,1-9H3. The summed E-state index contributed by atoms with van der Waals surface area (Å²) in [5, 5.41) is 9.40. The van der Waals surface area contributed by atoms with Crippen molar-refractivity contribution in [3.63, 3.8) is 0 Å². The molecule has 49 heavy (non-hydrogen) atoms. The number of unbranched alkanes of at least 4 members (excludes halogenated alkanes) is 3. The molecule has 0 saturated carbocycles. The van der Waals surface area contributed by atoms with Gasteiger partial charge < -0.3 is 19.3 Å². The van der Waals surface area contributed by atoms with Crippen LogP contribution < -0.4 is 0 Å². The Morgan fingerprint density at radius 3 is 1.14 bits per heavy atom. The summed E-state index contributed by atoms with van der Waals surface area (Å²) in [6.45, 7) is 13.7. The number of esters is 3. The molecule has 7 nitrogen and oxygen atoms in total. The Labute approximate surface area is 310 Å². The average molecular weight is 743 g/mol. The van der Waals surface area contributed by atoms with Gasteiger partial charge in [0.25, 0.3) is 0 Å². The zero-order valence-corrected chi connectivity index (χ0v) is 34.3. The van der Waals surface area contributed by atoms with Gasteiger partial charge in [-0.1, -0.05) is 99.3 Å². The fourth-order valence-corrected chi connectivity index (χ4v) is 7.90. The molecule has 0 heterocycles. The lowest BCUT2D eigenvalue weighted by molar-refractivity contribution is -0.145. The quantitative estimate of drug-likeness (QED) is 0.0692. The number of aromatic hydroxyl groups is 1. The van der Waals surface area contributed by atoms with Crippen LogP contribution in [0.4, 0.5) is 0 Å². The highest BCUT2D eigenvalue weighted by atomic mass is 32.2. The highest BCUT2D eigenvalue weighted by Gasteiger charge is 2.34. The number of hydrogen-bond acceptors (Lipinski definition) is 10. The first-order valence-electron chi connectivity index (χ1n) is 18.5. The smallest absolute Gasteiger partial charge is 0.323 e. The molecule has 0 fully saturated rings. The van der Waals surface area contributed by atoms with Gasteiger partial charge in [0.15, 0.2) is 0 Å². The summed E-state index contributed by atoms with van der Waals surface area (Å²) in [6.07, 6.45) is 17.6. The number of rotatable bonds is 27. The molecule has 0 aromatic heterocycles. The first-order chi connectivity index (χ1) is 23.6. The highest BCUT2D eigenvalue weighted by molar-refractivity contribution is 8.00. The summed E-state index contributed by atoms with van der Waals surface area (Å²) in [6, 6.07) is 3.43. The maximum Gasteiger partial charge on any atom is 0.323 e. The Kier molecular flexibility index (Phi) is 24.4. The molecule has 0 radical (unpaired) electrons. The predicted molar refractivity (Wildman–Crippen MR) is 210 cm³/mol.